The standard InChI is InChI=1S/C33H22ClN/c1-33(2)26-14-8-13-23-21-11-3-5-15-27(21)35-28-16-6-4-12-22(28)25-18-24(19-9-7-10-20(34)17-19)31(33)30(29(23)26)32(25)35/h3-18H,1-2H3. The number of halogens is 1. The van der Waals surface area contributed by atoms with Gasteiger partial charge in [-0.3, -0.25) is 0 Å². The minimum absolute atomic E-state index is 0.139. The van der Waals surface area contributed by atoms with E-state index in [1.54, 1.807) is 0 Å². The molecule has 0 N–H and O–H groups in total. The Balaban J connectivity index is 1.71. The second kappa shape index (κ2) is 6.44. The Morgan fingerprint density at radius 3 is 2.31 bits per heavy atom. The van der Waals surface area contributed by atoms with E-state index in [-0.39, 0.29) is 5.41 Å². The summed E-state index contributed by atoms with van der Waals surface area (Å²) in [5.41, 5.74) is 14.3. The average molecular weight is 468 g/mol. The highest BCUT2D eigenvalue weighted by molar-refractivity contribution is 6.31. The van der Waals surface area contributed by atoms with E-state index >= 15 is 0 Å². The van der Waals surface area contributed by atoms with Crippen LogP contribution in [0.15, 0.2) is 97.1 Å². The molecule has 0 bridgehead atoms. The first kappa shape index (κ1) is 19.5. The molecule has 2 heteroatoms. The summed E-state index contributed by atoms with van der Waals surface area (Å²) in [6, 6.07) is 35.3. The lowest BCUT2D eigenvalue weighted by Gasteiger charge is -2.26. The van der Waals surface area contributed by atoms with Gasteiger partial charge in [0, 0.05) is 32.3 Å². The van der Waals surface area contributed by atoms with Gasteiger partial charge in [-0.25, -0.2) is 0 Å². The van der Waals surface area contributed by atoms with Crippen molar-refractivity contribution in [2.75, 3.05) is 0 Å². The van der Waals surface area contributed by atoms with Crippen LogP contribution >= 0.6 is 11.6 Å². The van der Waals surface area contributed by atoms with Crippen LogP contribution in [0, 0.1) is 0 Å². The van der Waals surface area contributed by atoms with E-state index in [0.29, 0.717) is 0 Å². The van der Waals surface area contributed by atoms with Crippen molar-refractivity contribution in [1.82, 2.24) is 4.57 Å². The van der Waals surface area contributed by atoms with E-state index in [1.165, 1.54) is 72.0 Å². The first-order valence-electron chi connectivity index (χ1n) is 12.2. The van der Waals surface area contributed by atoms with E-state index in [0.717, 1.165) is 5.02 Å². The lowest BCUT2D eigenvalue weighted by molar-refractivity contribution is 0.662. The Morgan fingerprint density at radius 1 is 0.657 bits per heavy atom. The highest BCUT2D eigenvalue weighted by Gasteiger charge is 2.42. The van der Waals surface area contributed by atoms with Gasteiger partial charge in [-0.1, -0.05) is 92.2 Å². The van der Waals surface area contributed by atoms with E-state index in [4.69, 9.17) is 11.6 Å². The van der Waals surface area contributed by atoms with Crippen molar-refractivity contribution in [3.8, 4) is 39.1 Å². The molecule has 0 saturated heterocycles. The van der Waals surface area contributed by atoms with Crippen molar-refractivity contribution >= 4 is 33.4 Å². The van der Waals surface area contributed by atoms with Crippen LogP contribution in [0.4, 0.5) is 0 Å². The highest BCUT2D eigenvalue weighted by atomic mass is 35.5. The van der Waals surface area contributed by atoms with Gasteiger partial charge in [-0.15, -0.1) is 0 Å². The summed E-state index contributed by atoms with van der Waals surface area (Å²) < 4.78 is 2.51. The van der Waals surface area contributed by atoms with Gasteiger partial charge < -0.3 is 4.57 Å². The smallest absolute Gasteiger partial charge is 0.0623 e. The van der Waals surface area contributed by atoms with Crippen LogP contribution in [0.5, 0.6) is 0 Å². The molecule has 1 aliphatic heterocycles. The van der Waals surface area contributed by atoms with E-state index in [9.17, 15) is 0 Å². The summed E-state index contributed by atoms with van der Waals surface area (Å²) in [6.45, 7) is 4.75. The average Bonchev–Trinajstić information content (AvgIpc) is 3.28. The van der Waals surface area contributed by atoms with Gasteiger partial charge in [0.25, 0.3) is 0 Å². The van der Waals surface area contributed by atoms with E-state index < -0.39 is 0 Å². The zero-order valence-corrected chi connectivity index (χ0v) is 20.3. The molecule has 166 valence electrons. The molecule has 35 heavy (non-hydrogen) atoms. The minimum atomic E-state index is -0.139. The summed E-state index contributed by atoms with van der Waals surface area (Å²) in [6.07, 6.45) is 0. The van der Waals surface area contributed by atoms with Gasteiger partial charge in [0.15, 0.2) is 0 Å². The number of para-hydroxylation sites is 2. The first-order chi connectivity index (χ1) is 17.1. The molecule has 0 amide bonds. The van der Waals surface area contributed by atoms with Crippen molar-refractivity contribution in [2.24, 2.45) is 0 Å². The zero-order chi connectivity index (χ0) is 23.5. The molecule has 0 spiro atoms. The van der Waals surface area contributed by atoms with E-state index in [1.807, 2.05) is 6.07 Å². The van der Waals surface area contributed by atoms with Crippen LogP contribution in [0.1, 0.15) is 25.0 Å². The van der Waals surface area contributed by atoms with Crippen LogP contribution in [0.3, 0.4) is 0 Å². The minimum Gasteiger partial charge on any atom is -0.308 e. The third kappa shape index (κ3) is 2.30. The fourth-order valence-electron chi connectivity index (χ4n) is 6.75. The van der Waals surface area contributed by atoms with Crippen LogP contribution < -0.4 is 0 Å². The maximum Gasteiger partial charge on any atom is 0.0623 e. The van der Waals surface area contributed by atoms with Crippen LogP contribution in [0.25, 0.3) is 60.9 Å². The van der Waals surface area contributed by atoms with Gasteiger partial charge in [0.2, 0.25) is 0 Å². The number of aromatic nitrogens is 1. The molecule has 1 nitrogen and oxygen atoms in total. The quantitative estimate of drug-likeness (QED) is 0.226. The maximum absolute atomic E-state index is 6.52. The monoisotopic (exact) mass is 467 g/mol. The fraction of sp³-hybridized carbons (Fsp3) is 0.0909. The third-order valence-electron chi connectivity index (χ3n) is 8.14. The molecule has 5 aromatic carbocycles. The van der Waals surface area contributed by atoms with Gasteiger partial charge in [0.1, 0.15) is 0 Å². The molecule has 8 rings (SSSR count). The predicted octanol–water partition coefficient (Wildman–Crippen LogP) is 9.39. The molecule has 6 aromatic rings. The Labute approximate surface area is 209 Å². The Bertz CT molecular complexity index is 1890. The SMILES string of the molecule is CC1(C)c2cccc3c2-c2c1c(-c1cccc(Cl)c1)cc1c4ccccc4n(c21)-c1ccccc1-3. The second-order valence-electron chi connectivity index (χ2n) is 10.3. The van der Waals surface area contributed by atoms with Crippen molar-refractivity contribution in [3.05, 3.63) is 113 Å². The molecule has 0 fully saturated rings. The molecule has 2 aliphatic rings. The molecule has 2 heterocycles. The number of nitrogens with zero attached hydrogens (tertiary/aromatic N) is 1. The summed E-state index contributed by atoms with van der Waals surface area (Å²) in [5.74, 6) is 0. The van der Waals surface area contributed by atoms with Gasteiger partial charge in [-0.05, 0) is 63.7 Å². The van der Waals surface area contributed by atoms with Crippen molar-refractivity contribution < 1.29 is 0 Å². The predicted molar refractivity (Wildman–Crippen MR) is 148 cm³/mol. The Morgan fingerprint density at radius 2 is 1.43 bits per heavy atom. The zero-order valence-electron chi connectivity index (χ0n) is 19.6. The largest absolute Gasteiger partial charge is 0.308 e. The number of hydrogen-bond donors (Lipinski definition) is 0. The lowest BCUT2D eigenvalue weighted by atomic mass is 9.78. The number of hydrogen-bond acceptors (Lipinski definition) is 0. The van der Waals surface area contributed by atoms with Gasteiger partial charge in [0.05, 0.1) is 16.7 Å². The topological polar surface area (TPSA) is 4.93 Å². The first-order valence-corrected chi connectivity index (χ1v) is 12.5. The molecule has 1 aliphatic carbocycles. The van der Waals surface area contributed by atoms with Crippen molar-refractivity contribution in [3.63, 3.8) is 0 Å². The lowest BCUT2D eigenvalue weighted by Crippen LogP contribution is -2.16. The summed E-state index contributed by atoms with van der Waals surface area (Å²) in [7, 11) is 0. The Kier molecular flexibility index (Phi) is 3.59. The molecule has 0 saturated carbocycles. The fourth-order valence-corrected chi connectivity index (χ4v) is 6.94. The van der Waals surface area contributed by atoms with Gasteiger partial charge >= 0.3 is 0 Å². The Hall–Kier alpha value is -3.81. The highest BCUT2D eigenvalue weighted by Crippen LogP contribution is 2.60. The molecule has 1 aromatic heterocycles. The van der Waals surface area contributed by atoms with Crippen LogP contribution in [-0.4, -0.2) is 4.57 Å². The summed E-state index contributed by atoms with van der Waals surface area (Å²) in [4.78, 5) is 0. The normalized spacial score (nSPS) is 14.4. The van der Waals surface area contributed by atoms with Crippen LogP contribution in [-0.2, 0) is 5.41 Å². The molecule has 0 unspecified atom stereocenters. The van der Waals surface area contributed by atoms with Crippen molar-refractivity contribution in [2.45, 2.75) is 19.3 Å². The molecular weight excluding hydrogens is 446 g/mol. The number of fused-ring (bicyclic) bond motifs is 6. The second-order valence-corrected chi connectivity index (χ2v) is 10.7. The number of rotatable bonds is 1. The summed E-state index contributed by atoms with van der Waals surface area (Å²) in [5, 5.41) is 3.35. The molecular formula is C33H22ClN. The molecule has 0 radical (unpaired) electrons. The third-order valence-corrected chi connectivity index (χ3v) is 8.38. The summed E-state index contributed by atoms with van der Waals surface area (Å²) >= 11 is 6.52. The van der Waals surface area contributed by atoms with Crippen LogP contribution in [0.2, 0.25) is 5.02 Å². The van der Waals surface area contributed by atoms with Crippen molar-refractivity contribution in [1.29, 1.82) is 0 Å². The molecule has 0 atom stereocenters. The van der Waals surface area contributed by atoms with Gasteiger partial charge in [-0.2, -0.15) is 0 Å². The number of benzene rings is 5. The van der Waals surface area contributed by atoms with E-state index in [2.05, 4.69) is 109 Å². The maximum atomic E-state index is 6.52.